The molecule has 5 nitrogen and oxygen atoms in total. The van der Waals surface area contributed by atoms with Crippen LogP contribution in [0.4, 0.5) is 0 Å². The van der Waals surface area contributed by atoms with Gasteiger partial charge in [0.25, 0.3) is 0 Å². The Hall–Kier alpha value is -0.940. The van der Waals surface area contributed by atoms with Crippen molar-refractivity contribution in [2.45, 2.75) is 45.0 Å². The highest BCUT2D eigenvalue weighted by Crippen LogP contribution is 2.20. The molecule has 0 saturated heterocycles. The summed E-state index contributed by atoms with van der Waals surface area (Å²) < 4.78 is 4.73. The second-order valence-corrected chi connectivity index (χ2v) is 3.50. The Morgan fingerprint density at radius 1 is 1.64 bits per heavy atom. The molecule has 0 aromatic carbocycles. The fraction of sp³-hybridized carbons (Fsp3) is 0.778. The van der Waals surface area contributed by atoms with Gasteiger partial charge in [-0.25, -0.2) is 0 Å². The summed E-state index contributed by atoms with van der Waals surface area (Å²) in [7, 11) is 0. The minimum Gasteiger partial charge on any atom is -0.457 e. The van der Waals surface area contributed by atoms with Crippen molar-refractivity contribution >= 4 is 12.3 Å². The van der Waals surface area contributed by atoms with Crippen molar-refractivity contribution in [3.8, 4) is 0 Å². The zero-order valence-corrected chi connectivity index (χ0v) is 8.56. The fourth-order valence-corrected chi connectivity index (χ4v) is 1.21. The number of esters is 1. The summed E-state index contributed by atoms with van der Waals surface area (Å²) in [5.41, 5.74) is -1.54. The summed E-state index contributed by atoms with van der Waals surface area (Å²) in [5.74, 6) is -0.609. The SMILES string of the molecule is CC(=O)O[C@H]([C@@H](C)O)[C@](C)(O)CC=O. The second kappa shape index (κ2) is 5.07. The highest BCUT2D eigenvalue weighted by molar-refractivity contribution is 5.66. The molecule has 2 N–H and O–H groups in total. The lowest BCUT2D eigenvalue weighted by Gasteiger charge is -2.32. The zero-order valence-electron chi connectivity index (χ0n) is 8.56. The molecule has 0 aliphatic carbocycles. The van der Waals surface area contributed by atoms with Crippen LogP contribution in [0.2, 0.25) is 0 Å². The van der Waals surface area contributed by atoms with Crippen molar-refractivity contribution in [3.63, 3.8) is 0 Å². The number of aldehydes is 1. The Balaban J connectivity index is 4.62. The smallest absolute Gasteiger partial charge is 0.303 e. The van der Waals surface area contributed by atoms with Crippen LogP contribution in [0, 0.1) is 0 Å². The number of ether oxygens (including phenoxy) is 1. The van der Waals surface area contributed by atoms with Crippen molar-refractivity contribution in [2.75, 3.05) is 0 Å². The van der Waals surface area contributed by atoms with E-state index >= 15 is 0 Å². The predicted octanol–water partition coefficient (Wildman–Crippen LogP) is -0.361. The Morgan fingerprint density at radius 2 is 2.14 bits per heavy atom. The van der Waals surface area contributed by atoms with Gasteiger partial charge in [-0.05, 0) is 13.8 Å². The van der Waals surface area contributed by atoms with E-state index in [9.17, 15) is 19.8 Å². The largest absolute Gasteiger partial charge is 0.457 e. The van der Waals surface area contributed by atoms with Crippen LogP contribution in [-0.4, -0.2) is 40.3 Å². The minimum atomic E-state index is -1.54. The first-order valence-corrected chi connectivity index (χ1v) is 4.32. The van der Waals surface area contributed by atoms with Gasteiger partial charge in [0, 0.05) is 13.3 Å². The van der Waals surface area contributed by atoms with Gasteiger partial charge in [-0.1, -0.05) is 0 Å². The summed E-state index contributed by atoms with van der Waals surface area (Å²) in [6, 6.07) is 0. The van der Waals surface area contributed by atoms with Gasteiger partial charge in [0.15, 0.2) is 6.10 Å². The molecule has 0 amide bonds. The van der Waals surface area contributed by atoms with Gasteiger partial charge in [-0.3, -0.25) is 4.79 Å². The van der Waals surface area contributed by atoms with Crippen molar-refractivity contribution in [2.24, 2.45) is 0 Å². The maximum Gasteiger partial charge on any atom is 0.303 e. The molecule has 0 bridgehead atoms. The summed E-state index contributed by atoms with van der Waals surface area (Å²) in [4.78, 5) is 20.9. The van der Waals surface area contributed by atoms with E-state index in [0.717, 1.165) is 0 Å². The molecule has 82 valence electrons. The van der Waals surface area contributed by atoms with E-state index in [0.29, 0.717) is 6.29 Å². The highest BCUT2D eigenvalue weighted by Gasteiger charge is 2.37. The van der Waals surface area contributed by atoms with E-state index in [-0.39, 0.29) is 6.42 Å². The van der Waals surface area contributed by atoms with Gasteiger partial charge in [-0.2, -0.15) is 0 Å². The van der Waals surface area contributed by atoms with Crippen LogP contribution in [0.15, 0.2) is 0 Å². The number of carbonyl (C=O) groups excluding carboxylic acids is 2. The molecule has 0 aromatic rings. The molecule has 0 saturated carbocycles. The Labute approximate surface area is 82.7 Å². The van der Waals surface area contributed by atoms with Gasteiger partial charge in [0.1, 0.15) is 11.9 Å². The van der Waals surface area contributed by atoms with E-state index in [1.54, 1.807) is 0 Å². The summed E-state index contributed by atoms with van der Waals surface area (Å²) in [5, 5.41) is 19.0. The summed E-state index contributed by atoms with van der Waals surface area (Å²) in [6.45, 7) is 3.89. The topological polar surface area (TPSA) is 83.8 Å². The predicted molar refractivity (Wildman–Crippen MR) is 48.5 cm³/mol. The number of hydrogen-bond acceptors (Lipinski definition) is 5. The Morgan fingerprint density at radius 3 is 2.43 bits per heavy atom. The first-order chi connectivity index (χ1) is 6.31. The van der Waals surface area contributed by atoms with E-state index in [2.05, 4.69) is 0 Å². The van der Waals surface area contributed by atoms with Crippen LogP contribution in [0.5, 0.6) is 0 Å². The third-order valence-corrected chi connectivity index (χ3v) is 1.84. The van der Waals surface area contributed by atoms with E-state index in [1.807, 2.05) is 0 Å². The van der Waals surface area contributed by atoms with Gasteiger partial charge < -0.3 is 19.7 Å². The average molecular weight is 204 g/mol. The molecule has 0 aromatic heterocycles. The number of aliphatic hydroxyl groups is 2. The summed E-state index contributed by atoms with van der Waals surface area (Å²) >= 11 is 0. The van der Waals surface area contributed by atoms with Crippen LogP contribution in [0.1, 0.15) is 27.2 Å². The molecule has 0 rings (SSSR count). The molecule has 0 radical (unpaired) electrons. The number of rotatable bonds is 5. The zero-order chi connectivity index (χ0) is 11.4. The van der Waals surface area contributed by atoms with Crippen LogP contribution in [-0.2, 0) is 14.3 Å². The lowest BCUT2D eigenvalue weighted by atomic mass is 9.92. The van der Waals surface area contributed by atoms with Crippen molar-refractivity contribution in [1.29, 1.82) is 0 Å². The molecule has 0 unspecified atom stereocenters. The molecule has 0 spiro atoms. The van der Waals surface area contributed by atoms with Gasteiger partial charge >= 0.3 is 5.97 Å². The maximum absolute atomic E-state index is 10.7. The normalized spacial score (nSPS) is 19.2. The second-order valence-electron chi connectivity index (χ2n) is 3.50. The van der Waals surface area contributed by atoms with Crippen molar-refractivity contribution < 1.29 is 24.5 Å². The van der Waals surface area contributed by atoms with Crippen LogP contribution < -0.4 is 0 Å². The number of aliphatic hydroxyl groups excluding tert-OH is 1. The minimum absolute atomic E-state index is 0.199. The Bertz CT molecular complexity index is 209. The summed E-state index contributed by atoms with van der Waals surface area (Å²) in [6.07, 6.45) is -1.81. The standard InChI is InChI=1S/C9H16O5/c1-6(11)8(14-7(2)12)9(3,13)4-5-10/h5-6,8,11,13H,4H2,1-3H3/t6-,8-,9-/m1/s1. The van der Waals surface area contributed by atoms with Crippen LogP contribution in [0.25, 0.3) is 0 Å². The average Bonchev–Trinajstić information content (AvgIpc) is 1.99. The first-order valence-electron chi connectivity index (χ1n) is 4.32. The molecular formula is C9H16O5. The van der Waals surface area contributed by atoms with Gasteiger partial charge in [-0.15, -0.1) is 0 Å². The van der Waals surface area contributed by atoms with Crippen molar-refractivity contribution in [3.05, 3.63) is 0 Å². The van der Waals surface area contributed by atoms with Crippen molar-refractivity contribution in [1.82, 2.24) is 0 Å². The molecular weight excluding hydrogens is 188 g/mol. The quantitative estimate of drug-likeness (QED) is 0.472. The van der Waals surface area contributed by atoms with E-state index < -0.39 is 23.8 Å². The maximum atomic E-state index is 10.7. The molecule has 0 aliphatic rings. The molecule has 0 heterocycles. The lowest BCUT2D eigenvalue weighted by molar-refractivity contribution is -0.175. The monoisotopic (exact) mass is 204 g/mol. The third-order valence-electron chi connectivity index (χ3n) is 1.84. The molecule has 5 heteroatoms. The van der Waals surface area contributed by atoms with Gasteiger partial charge in [0.2, 0.25) is 0 Å². The number of hydrogen-bond donors (Lipinski definition) is 2. The highest BCUT2D eigenvalue weighted by atomic mass is 16.6. The van der Waals surface area contributed by atoms with Crippen LogP contribution >= 0.6 is 0 Å². The third kappa shape index (κ3) is 3.85. The first kappa shape index (κ1) is 13.1. The van der Waals surface area contributed by atoms with Crippen LogP contribution in [0.3, 0.4) is 0 Å². The fourth-order valence-electron chi connectivity index (χ4n) is 1.21. The van der Waals surface area contributed by atoms with E-state index in [4.69, 9.17) is 4.74 Å². The molecule has 3 atom stereocenters. The lowest BCUT2D eigenvalue weighted by Crippen LogP contribution is -2.48. The molecule has 14 heavy (non-hydrogen) atoms. The number of carbonyl (C=O) groups is 2. The Kier molecular flexibility index (Phi) is 4.73. The van der Waals surface area contributed by atoms with E-state index in [1.165, 1.54) is 20.8 Å². The van der Waals surface area contributed by atoms with Gasteiger partial charge in [0.05, 0.1) is 6.10 Å². The molecule has 0 fully saturated rings. The molecule has 0 aliphatic heterocycles.